The lowest BCUT2D eigenvalue weighted by molar-refractivity contribution is 0.0877. The second-order valence-electron chi connectivity index (χ2n) is 6.93. The molecule has 1 heterocycles. The Balaban J connectivity index is 1.99. The molecule has 0 saturated heterocycles. The van der Waals surface area contributed by atoms with Crippen LogP contribution in [0.25, 0.3) is 0 Å². The van der Waals surface area contributed by atoms with Crippen LogP contribution in [0.4, 0.5) is 5.82 Å². The van der Waals surface area contributed by atoms with Crippen molar-refractivity contribution < 1.29 is 14.6 Å². The molecular formula is C24H31N3O3. The molecule has 0 fully saturated rings. The summed E-state index contributed by atoms with van der Waals surface area (Å²) in [4.78, 5) is 18.6. The lowest BCUT2D eigenvalue weighted by Gasteiger charge is -2.21. The Kier molecular flexibility index (Phi) is 9.33. The summed E-state index contributed by atoms with van der Waals surface area (Å²) in [6.45, 7) is 8.90. The predicted molar refractivity (Wildman–Crippen MR) is 120 cm³/mol. The predicted octanol–water partition coefficient (Wildman–Crippen LogP) is 3.13. The fourth-order valence-corrected chi connectivity index (χ4v) is 3.05. The van der Waals surface area contributed by atoms with Crippen molar-refractivity contribution in [3.8, 4) is 17.6 Å². The third-order valence-corrected chi connectivity index (χ3v) is 4.85. The quantitative estimate of drug-likeness (QED) is 0.463. The lowest BCUT2D eigenvalue weighted by Crippen LogP contribution is -2.32. The van der Waals surface area contributed by atoms with Crippen LogP contribution >= 0.6 is 0 Å². The molecule has 0 aliphatic heterocycles. The molecule has 0 saturated carbocycles. The molecule has 0 amide bonds. The number of likely N-dealkylation sites (N-methyl/N-ethyl adjacent to an activating group) is 1. The molecule has 0 aliphatic carbocycles. The van der Waals surface area contributed by atoms with Gasteiger partial charge in [0.1, 0.15) is 17.1 Å². The van der Waals surface area contributed by atoms with Crippen molar-refractivity contribution in [3.05, 3.63) is 53.2 Å². The van der Waals surface area contributed by atoms with Crippen molar-refractivity contribution >= 4 is 11.6 Å². The highest BCUT2D eigenvalue weighted by atomic mass is 16.5. The van der Waals surface area contributed by atoms with Crippen LogP contribution in [0.1, 0.15) is 55.1 Å². The van der Waals surface area contributed by atoms with Crippen LogP contribution in [-0.4, -0.2) is 53.1 Å². The molecule has 1 unspecified atom stereocenters. The summed E-state index contributed by atoms with van der Waals surface area (Å²) >= 11 is 0. The summed E-state index contributed by atoms with van der Waals surface area (Å²) < 4.78 is 5.55. The van der Waals surface area contributed by atoms with Crippen molar-refractivity contribution in [2.45, 2.75) is 39.7 Å². The van der Waals surface area contributed by atoms with Gasteiger partial charge in [-0.15, -0.1) is 0 Å². The second kappa shape index (κ2) is 12.0. The fraction of sp³-hybridized carbons (Fsp3) is 0.417. The number of nitrogens with two attached hydrogens (primary N) is 1. The van der Waals surface area contributed by atoms with E-state index in [2.05, 4.69) is 35.6 Å². The van der Waals surface area contributed by atoms with E-state index in [-0.39, 0.29) is 5.78 Å². The van der Waals surface area contributed by atoms with E-state index in [9.17, 15) is 9.90 Å². The first-order chi connectivity index (χ1) is 14.5. The van der Waals surface area contributed by atoms with Crippen molar-refractivity contribution in [1.82, 2.24) is 9.88 Å². The van der Waals surface area contributed by atoms with Crippen LogP contribution in [0, 0.1) is 11.8 Å². The number of anilines is 1. The molecule has 1 atom stereocenters. The van der Waals surface area contributed by atoms with E-state index in [0.717, 1.165) is 18.7 Å². The molecule has 30 heavy (non-hydrogen) atoms. The van der Waals surface area contributed by atoms with Gasteiger partial charge in [-0.2, -0.15) is 0 Å². The molecular weight excluding hydrogens is 378 g/mol. The molecule has 2 rings (SSSR count). The summed E-state index contributed by atoms with van der Waals surface area (Å²) in [5.41, 5.74) is 7.86. The van der Waals surface area contributed by atoms with Gasteiger partial charge in [0.05, 0.1) is 12.7 Å². The number of nitrogens with zero attached hydrogens (tertiary/aromatic N) is 2. The summed E-state index contributed by atoms with van der Waals surface area (Å²) in [6.07, 6.45) is 1.86. The summed E-state index contributed by atoms with van der Waals surface area (Å²) in [5, 5.41) is 10.1. The molecule has 0 aliphatic rings. The largest absolute Gasteiger partial charge is 0.492 e. The zero-order chi connectivity index (χ0) is 21.9. The van der Waals surface area contributed by atoms with E-state index in [4.69, 9.17) is 10.5 Å². The summed E-state index contributed by atoms with van der Waals surface area (Å²) in [6, 6.07) is 8.87. The van der Waals surface area contributed by atoms with E-state index in [1.54, 1.807) is 36.5 Å². The summed E-state index contributed by atoms with van der Waals surface area (Å²) in [5.74, 6) is 7.00. The first-order valence-electron chi connectivity index (χ1n) is 10.4. The molecule has 6 nitrogen and oxygen atoms in total. The van der Waals surface area contributed by atoms with Gasteiger partial charge in [-0.3, -0.25) is 4.79 Å². The SMILES string of the molecule is CCOc1ccnc(N)c1C#Cc1ccc(C(=O)CCC(O)CN(CC)CC)cc1. The molecule has 0 bridgehead atoms. The van der Waals surface area contributed by atoms with Crippen molar-refractivity contribution in [2.24, 2.45) is 0 Å². The zero-order valence-electron chi connectivity index (χ0n) is 18.0. The number of ketones is 1. The maximum absolute atomic E-state index is 12.4. The maximum Gasteiger partial charge on any atom is 0.162 e. The number of ether oxygens (including phenoxy) is 1. The minimum atomic E-state index is -0.497. The Morgan fingerprint density at radius 3 is 2.50 bits per heavy atom. The number of aliphatic hydroxyl groups excluding tert-OH is 1. The molecule has 1 aromatic carbocycles. The fourth-order valence-electron chi connectivity index (χ4n) is 3.05. The Hall–Kier alpha value is -2.88. The Labute approximate surface area is 179 Å². The van der Waals surface area contributed by atoms with Gasteiger partial charge in [0.25, 0.3) is 0 Å². The molecule has 3 N–H and O–H groups in total. The molecule has 0 spiro atoms. The first-order valence-corrected chi connectivity index (χ1v) is 10.4. The number of aliphatic hydroxyl groups is 1. The first kappa shape index (κ1) is 23.4. The van der Waals surface area contributed by atoms with Gasteiger partial charge in [0, 0.05) is 30.3 Å². The van der Waals surface area contributed by atoms with Crippen molar-refractivity contribution in [2.75, 3.05) is 32.0 Å². The molecule has 6 heteroatoms. The Morgan fingerprint density at radius 2 is 1.87 bits per heavy atom. The number of hydrogen-bond acceptors (Lipinski definition) is 6. The topological polar surface area (TPSA) is 88.7 Å². The van der Waals surface area contributed by atoms with Gasteiger partial charge < -0.3 is 20.5 Å². The van der Waals surface area contributed by atoms with Gasteiger partial charge >= 0.3 is 0 Å². The average molecular weight is 410 g/mol. The molecule has 1 aromatic heterocycles. The number of hydrogen-bond donors (Lipinski definition) is 2. The number of benzene rings is 1. The van der Waals surface area contributed by atoms with E-state index >= 15 is 0 Å². The standard InChI is InChI=1S/C24H31N3O3/c1-4-27(5-2)17-20(28)12-14-22(29)19-10-7-18(8-11-19)9-13-21-23(30-6-3)15-16-26-24(21)25/h7-8,10-11,15-16,20,28H,4-6,12,14,17H2,1-3H3,(H2,25,26). The highest BCUT2D eigenvalue weighted by Crippen LogP contribution is 2.21. The number of nitrogen functional groups attached to an aromatic ring is 1. The Morgan fingerprint density at radius 1 is 1.17 bits per heavy atom. The van der Waals surface area contributed by atoms with Crippen molar-refractivity contribution in [3.63, 3.8) is 0 Å². The molecule has 0 radical (unpaired) electrons. The monoisotopic (exact) mass is 409 g/mol. The minimum Gasteiger partial charge on any atom is -0.492 e. The van der Waals surface area contributed by atoms with Gasteiger partial charge in [0.2, 0.25) is 0 Å². The van der Waals surface area contributed by atoms with Crippen LogP contribution in [0.2, 0.25) is 0 Å². The van der Waals surface area contributed by atoms with Gasteiger partial charge in [0.15, 0.2) is 5.78 Å². The van der Waals surface area contributed by atoms with Crippen LogP contribution in [0.5, 0.6) is 5.75 Å². The smallest absolute Gasteiger partial charge is 0.162 e. The third kappa shape index (κ3) is 6.87. The number of carbonyl (C=O) groups is 1. The normalized spacial score (nSPS) is 11.6. The van der Waals surface area contributed by atoms with Gasteiger partial charge in [-0.25, -0.2) is 4.98 Å². The van der Waals surface area contributed by atoms with Gasteiger partial charge in [-0.05, 0) is 44.6 Å². The van der Waals surface area contributed by atoms with E-state index in [1.165, 1.54) is 0 Å². The maximum atomic E-state index is 12.4. The third-order valence-electron chi connectivity index (χ3n) is 4.85. The number of carbonyl (C=O) groups excluding carboxylic acids is 1. The van der Waals surface area contributed by atoms with E-state index in [0.29, 0.717) is 48.7 Å². The molecule has 2 aromatic rings. The van der Waals surface area contributed by atoms with Crippen LogP contribution < -0.4 is 10.5 Å². The minimum absolute atomic E-state index is 0.0169. The number of Topliss-reactive ketones (excluding diaryl/α,β-unsaturated/α-hetero) is 1. The number of rotatable bonds is 10. The number of pyridine rings is 1. The zero-order valence-corrected chi connectivity index (χ0v) is 18.0. The average Bonchev–Trinajstić information content (AvgIpc) is 2.76. The summed E-state index contributed by atoms with van der Waals surface area (Å²) in [7, 11) is 0. The second-order valence-corrected chi connectivity index (χ2v) is 6.93. The van der Waals surface area contributed by atoms with E-state index in [1.807, 2.05) is 6.92 Å². The van der Waals surface area contributed by atoms with Crippen LogP contribution in [0.3, 0.4) is 0 Å². The van der Waals surface area contributed by atoms with E-state index < -0.39 is 6.10 Å². The highest BCUT2D eigenvalue weighted by Gasteiger charge is 2.13. The van der Waals surface area contributed by atoms with Gasteiger partial charge in [-0.1, -0.05) is 37.8 Å². The Bertz CT molecular complexity index is 881. The lowest BCUT2D eigenvalue weighted by atomic mass is 10.0. The van der Waals surface area contributed by atoms with Crippen LogP contribution in [0.15, 0.2) is 36.5 Å². The van der Waals surface area contributed by atoms with Crippen molar-refractivity contribution in [1.29, 1.82) is 0 Å². The highest BCUT2D eigenvalue weighted by molar-refractivity contribution is 5.96. The number of aromatic nitrogens is 1. The van der Waals surface area contributed by atoms with Crippen LogP contribution in [-0.2, 0) is 0 Å². The molecule has 160 valence electrons.